The smallest absolute Gasteiger partial charge is 0.261 e. The average molecular weight is 432 g/mol. The molecule has 1 fully saturated rings. The fraction of sp³-hybridized carbons (Fsp3) is 0.333. The Labute approximate surface area is 176 Å². The highest BCUT2D eigenvalue weighted by molar-refractivity contribution is 7.92. The van der Waals surface area contributed by atoms with Gasteiger partial charge in [-0.2, -0.15) is 0 Å². The van der Waals surface area contributed by atoms with Gasteiger partial charge in [-0.05, 0) is 61.4 Å². The lowest BCUT2D eigenvalue weighted by atomic mass is 10.2. The van der Waals surface area contributed by atoms with Crippen LogP contribution in [0.5, 0.6) is 5.75 Å². The second kappa shape index (κ2) is 9.62. The first-order valence-corrected chi connectivity index (χ1v) is 11.2. The number of ether oxygens (including phenoxy) is 1. The minimum absolute atomic E-state index is 0.0406. The molecular formula is C21H25N3O5S. The summed E-state index contributed by atoms with van der Waals surface area (Å²) in [6, 6.07) is 12.1. The molecule has 2 amide bonds. The molecule has 2 N–H and O–H groups in total. The van der Waals surface area contributed by atoms with Crippen molar-refractivity contribution in [2.24, 2.45) is 0 Å². The summed E-state index contributed by atoms with van der Waals surface area (Å²) in [4.78, 5) is 26.1. The molecule has 0 spiro atoms. The van der Waals surface area contributed by atoms with E-state index < -0.39 is 10.0 Å². The summed E-state index contributed by atoms with van der Waals surface area (Å²) in [5.74, 6) is 0.311. The summed E-state index contributed by atoms with van der Waals surface area (Å²) in [5.41, 5.74) is 0.729. The SMILES string of the molecule is COc1ccc(NS(=O)(=O)c2ccc(C(=O)NCCC(=O)N3CCCC3)cc2)cc1. The van der Waals surface area contributed by atoms with E-state index >= 15 is 0 Å². The molecule has 1 aliphatic heterocycles. The quantitative estimate of drug-likeness (QED) is 0.667. The van der Waals surface area contributed by atoms with Crippen molar-refractivity contribution in [1.29, 1.82) is 0 Å². The molecule has 1 aliphatic rings. The summed E-state index contributed by atoms with van der Waals surface area (Å²) < 4.78 is 32.6. The van der Waals surface area contributed by atoms with Crippen molar-refractivity contribution in [3.63, 3.8) is 0 Å². The number of carbonyl (C=O) groups is 2. The first-order valence-electron chi connectivity index (χ1n) is 9.72. The standard InChI is InChI=1S/C21H25N3O5S/c1-29-18-8-6-17(7-9-18)23-30(27,28)19-10-4-16(5-11-19)21(26)22-13-12-20(25)24-14-2-3-15-24/h4-11,23H,2-3,12-15H2,1H3,(H,22,26). The maximum absolute atomic E-state index is 12.5. The summed E-state index contributed by atoms with van der Waals surface area (Å²) in [6.07, 6.45) is 2.31. The monoisotopic (exact) mass is 431 g/mol. The average Bonchev–Trinajstić information content (AvgIpc) is 3.29. The molecule has 9 heteroatoms. The third-order valence-electron chi connectivity index (χ3n) is 4.85. The van der Waals surface area contributed by atoms with Crippen molar-refractivity contribution in [2.45, 2.75) is 24.2 Å². The largest absolute Gasteiger partial charge is 0.497 e. The number of carbonyl (C=O) groups excluding carboxylic acids is 2. The summed E-state index contributed by atoms with van der Waals surface area (Å²) in [7, 11) is -2.26. The summed E-state index contributed by atoms with van der Waals surface area (Å²) in [5, 5.41) is 2.70. The molecule has 2 aromatic carbocycles. The molecule has 0 atom stereocenters. The van der Waals surface area contributed by atoms with Gasteiger partial charge in [0.1, 0.15) is 5.75 Å². The number of amides is 2. The van der Waals surface area contributed by atoms with E-state index in [1.165, 1.54) is 31.4 Å². The molecule has 0 radical (unpaired) electrons. The third-order valence-corrected chi connectivity index (χ3v) is 6.25. The van der Waals surface area contributed by atoms with Crippen LogP contribution in [0.2, 0.25) is 0 Å². The van der Waals surface area contributed by atoms with Crippen LogP contribution in [-0.2, 0) is 14.8 Å². The van der Waals surface area contributed by atoms with Crippen LogP contribution in [0.25, 0.3) is 0 Å². The van der Waals surface area contributed by atoms with Gasteiger partial charge in [-0.3, -0.25) is 14.3 Å². The zero-order valence-corrected chi connectivity index (χ0v) is 17.6. The predicted molar refractivity (Wildman–Crippen MR) is 113 cm³/mol. The number of methoxy groups -OCH3 is 1. The highest BCUT2D eigenvalue weighted by atomic mass is 32.2. The number of hydrogen-bond acceptors (Lipinski definition) is 5. The van der Waals surface area contributed by atoms with E-state index in [2.05, 4.69) is 10.0 Å². The molecule has 30 heavy (non-hydrogen) atoms. The molecule has 160 valence electrons. The van der Waals surface area contributed by atoms with Gasteiger partial charge in [0.2, 0.25) is 5.91 Å². The molecule has 1 saturated heterocycles. The van der Waals surface area contributed by atoms with E-state index in [9.17, 15) is 18.0 Å². The highest BCUT2D eigenvalue weighted by Crippen LogP contribution is 2.19. The van der Waals surface area contributed by atoms with E-state index in [-0.39, 0.29) is 29.7 Å². The van der Waals surface area contributed by atoms with Crippen LogP contribution in [0.15, 0.2) is 53.4 Å². The Morgan fingerprint density at radius 1 is 1.00 bits per heavy atom. The van der Waals surface area contributed by atoms with Gasteiger partial charge in [0.15, 0.2) is 0 Å². The van der Waals surface area contributed by atoms with Gasteiger partial charge in [-0.1, -0.05) is 0 Å². The number of nitrogens with zero attached hydrogens (tertiary/aromatic N) is 1. The van der Waals surface area contributed by atoms with Crippen LogP contribution in [0.1, 0.15) is 29.6 Å². The molecule has 8 nitrogen and oxygen atoms in total. The highest BCUT2D eigenvalue weighted by Gasteiger charge is 2.18. The predicted octanol–water partition coefficient (Wildman–Crippen LogP) is 2.24. The van der Waals surface area contributed by atoms with E-state index in [4.69, 9.17) is 4.74 Å². The van der Waals surface area contributed by atoms with Crippen molar-refractivity contribution in [3.8, 4) is 5.75 Å². The fourth-order valence-corrected chi connectivity index (χ4v) is 4.23. The van der Waals surface area contributed by atoms with Crippen molar-refractivity contribution in [1.82, 2.24) is 10.2 Å². The zero-order valence-electron chi connectivity index (χ0n) is 16.8. The topological polar surface area (TPSA) is 105 Å². The van der Waals surface area contributed by atoms with Crippen LogP contribution >= 0.6 is 0 Å². The molecule has 2 aromatic rings. The minimum atomic E-state index is -3.79. The van der Waals surface area contributed by atoms with Crippen LogP contribution < -0.4 is 14.8 Å². The fourth-order valence-electron chi connectivity index (χ4n) is 3.17. The number of sulfonamides is 1. The molecule has 1 heterocycles. The van der Waals surface area contributed by atoms with Gasteiger partial charge in [0.25, 0.3) is 15.9 Å². The van der Waals surface area contributed by atoms with E-state index in [0.717, 1.165) is 25.9 Å². The second-order valence-electron chi connectivity index (χ2n) is 6.95. The second-order valence-corrected chi connectivity index (χ2v) is 8.63. The molecule has 3 rings (SSSR count). The van der Waals surface area contributed by atoms with Crippen molar-refractivity contribution in [3.05, 3.63) is 54.1 Å². The Morgan fingerprint density at radius 3 is 2.23 bits per heavy atom. The Hall–Kier alpha value is -3.07. The number of hydrogen-bond donors (Lipinski definition) is 2. The number of nitrogens with one attached hydrogen (secondary N) is 2. The molecule has 0 aliphatic carbocycles. The normalized spacial score (nSPS) is 13.7. The van der Waals surface area contributed by atoms with Crippen LogP contribution in [0.4, 0.5) is 5.69 Å². The van der Waals surface area contributed by atoms with E-state index in [1.807, 2.05) is 4.90 Å². The summed E-state index contributed by atoms with van der Waals surface area (Å²) >= 11 is 0. The van der Waals surface area contributed by atoms with Gasteiger partial charge in [-0.25, -0.2) is 8.42 Å². The lowest BCUT2D eigenvalue weighted by Gasteiger charge is -2.15. The minimum Gasteiger partial charge on any atom is -0.497 e. The lowest BCUT2D eigenvalue weighted by molar-refractivity contribution is -0.129. The number of rotatable bonds is 8. The van der Waals surface area contributed by atoms with Gasteiger partial charge in [0, 0.05) is 37.3 Å². The Kier molecular flexibility index (Phi) is 6.94. The van der Waals surface area contributed by atoms with Crippen molar-refractivity contribution < 1.29 is 22.7 Å². The van der Waals surface area contributed by atoms with Crippen LogP contribution in [0.3, 0.4) is 0 Å². The molecule has 0 bridgehead atoms. The van der Waals surface area contributed by atoms with Crippen molar-refractivity contribution >= 4 is 27.5 Å². The van der Waals surface area contributed by atoms with Gasteiger partial charge >= 0.3 is 0 Å². The van der Waals surface area contributed by atoms with Crippen LogP contribution in [0, 0.1) is 0 Å². The Bertz CT molecular complexity index is 982. The maximum atomic E-state index is 12.5. The van der Waals surface area contributed by atoms with Gasteiger partial charge in [-0.15, -0.1) is 0 Å². The van der Waals surface area contributed by atoms with Gasteiger partial charge in [0.05, 0.1) is 12.0 Å². The summed E-state index contributed by atoms with van der Waals surface area (Å²) in [6.45, 7) is 1.81. The van der Waals surface area contributed by atoms with Crippen molar-refractivity contribution in [2.75, 3.05) is 31.5 Å². The van der Waals surface area contributed by atoms with E-state index in [1.54, 1.807) is 24.3 Å². The number of likely N-dealkylation sites (tertiary alicyclic amines) is 1. The van der Waals surface area contributed by atoms with Crippen LogP contribution in [-0.4, -0.2) is 51.9 Å². The number of benzene rings is 2. The number of anilines is 1. The lowest BCUT2D eigenvalue weighted by Crippen LogP contribution is -2.32. The Morgan fingerprint density at radius 2 is 1.63 bits per heavy atom. The zero-order chi connectivity index (χ0) is 21.6. The first-order chi connectivity index (χ1) is 14.4. The molecule has 0 aromatic heterocycles. The van der Waals surface area contributed by atoms with E-state index in [0.29, 0.717) is 17.0 Å². The third kappa shape index (κ3) is 5.50. The maximum Gasteiger partial charge on any atom is 0.261 e. The molecule has 0 unspecified atom stereocenters. The molecule has 0 saturated carbocycles. The first kappa shape index (κ1) is 21.6. The van der Waals surface area contributed by atoms with Gasteiger partial charge < -0.3 is 15.0 Å². The molecular weight excluding hydrogens is 406 g/mol. The Balaban J connectivity index is 1.54.